The summed E-state index contributed by atoms with van der Waals surface area (Å²) in [7, 11) is 0. The molecule has 0 aromatic heterocycles. The number of ether oxygens (including phenoxy) is 1. The van der Waals surface area contributed by atoms with Gasteiger partial charge in [0.1, 0.15) is 17.7 Å². The number of unbranched alkanes of at least 4 members (excludes halogenated alkanes) is 1. The SMILES string of the molecule is CCCCN(CC(=O)NC(C)(C(N)=O)c1ccc(Br)cc1)C(=O)OC(C)(C)C. The minimum atomic E-state index is -1.40. The van der Waals surface area contributed by atoms with Crippen molar-refractivity contribution in [1.29, 1.82) is 0 Å². The summed E-state index contributed by atoms with van der Waals surface area (Å²) in [5.74, 6) is -1.19. The normalized spacial score (nSPS) is 13.4. The zero-order chi connectivity index (χ0) is 21.5. The third kappa shape index (κ3) is 7.14. The molecule has 0 radical (unpaired) electrons. The lowest BCUT2D eigenvalue weighted by molar-refractivity contribution is -0.132. The first-order chi connectivity index (χ1) is 12.9. The quantitative estimate of drug-likeness (QED) is 0.627. The number of nitrogens with zero attached hydrogens (tertiary/aromatic N) is 1. The molecule has 156 valence electrons. The standard InChI is InChI=1S/C20H30BrN3O4/c1-6-7-12-24(18(27)28-19(2,3)4)13-16(25)23-20(5,17(22)26)14-8-10-15(21)11-9-14/h8-11H,6-7,12-13H2,1-5H3,(H2,22,26)(H,23,25). The lowest BCUT2D eigenvalue weighted by Crippen LogP contribution is -2.55. The van der Waals surface area contributed by atoms with E-state index >= 15 is 0 Å². The number of rotatable bonds is 8. The van der Waals surface area contributed by atoms with Crippen molar-refractivity contribution in [3.8, 4) is 0 Å². The van der Waals surface area contributed by atoms with Gasteiger partial charge in [-0.2, -0.15) is 0 Å². The van der Waals surface area contributed by atoms with Gasteiger partial charge >= 0.3 is 6.09 Å². The summed E-state index contributed by atoms with van der Waals surface area (Å²) in [6.45, 7) is 8.98. The van der Waals surface area contributed by atoms with Gasteiger partial charge in [0.15, 0.2) is 0 Å². The van der Waals surface area contributed by atoms with E-state index in [1.54, 1.807) is 52.0 Å². The average molecular weight is 456 g/mol. The van der Waals surface area contributed by atoms with Crippen LogP contribution in [0.15, 0.2) is 28.7 Å². The Hall–Kier alpha value is -2.09. The molecule has 1 unspecified atom stereocenters. The van der Waals surface area contributed by atoms with Crippen molar-refractivity contribution in [2.45, 2.75) is 58.6 Å². The van der Waals surface area contributed by atoms with Crippen LogP contribution in [0.5, 0.6) is 0 Å². The Morgan fingerprint density at radius 2 is 1.71 bits per heavy atom. The molecule has 0 saturated carbocycles. The Kier molecular flexibility index (Phi) is 8.48. The van der Waals surface area contributed by atoms with Crippen LogP contribution in [0.2, 0.25) is 0 Å². The van der Waals surface area contributed by atoms with E-state index in [1.807, 2.05) is 6.92 Å². The second-order valence-electron chi connectivity index (χ2n) is 7.80. The number of nitrogens with one attached hydrogen (secondary N) is 1. The molecule has 0 aliphatic carbocycles. The van der Waals surface area contributed by atoms with E-state index in [2.05, 4.69) is 21.2 Å². The number of benzene rings is 1. The number of nitrogens with two attached hydrogens (primary N) is 1. The minimum absolute atomic E-state index is 0.228. The van der Waals surface area contributed by atoms with Crippen LogP contribution in [-0.4, -0.2) is 41.5 Å². The highest BCUT2D eigenvalue weighted by Gasteiger charge is 2.36. The zero-order valence-electron chi connectivity index (χ0n) is 17.2. The molecule has 7 nitrogen and oxygen atoms in total. The van der Waals surface area contributed by atoms with Gasteiger partial charge in [0.2, 0.25) is 11.8 Å². The Labute approximate surface area is 175 Å². The van der Waals surface area contributed by atoms with Gasteiger partial charge < -0.3 is 15.8 Å². The van der Waals surface area contributed by atoms with Crippen LogP contribution >= 0.6 is 15.9 Å². The van der Waals surface area contributed by atoms with Crippen LogP contribution in [0.1, 0.15) is 53.0 Å². The smallest absolute Gasteiger partial charge is 0.410 e. The van der Waals surface area contributed by atoms with Gasteiger partial charge in [0.05, 0.1) is 0 Å². The van der Waals surface area contributed by atoms with Crippen molar-refractivity contribution in [2.75, 3.05) is 13.1 Å². The van der Waals surface area contributed by atoms with Gasteiger partial charge in [-0.25, -0.2) is 4.79 Å². The number of primary amides is 1. The molecule has 1 aromatic rings. The molecule has 3 amide bonds. The van der Waals surface area contributed by atoms with Crippen molar-refractivity contribution < 1.29 is 19.1 Å². The van der Waals surface area contributed by atoms with Crippen molar-refractivity contribution in [1.82, 2.24) is 10.2 Å². The first-order valence-electron chi connectivity index (χ1n) is 9.24. The number of halogens is 1. The summed E-state index contributed by atoms with van der Waals surface area (Å²) in [6, 6.07) is 6.93. The van der Waals surface area contributed by atoms with Crippen molar-refractivity contribution in [2.24, 2.45) is 5.73 Å². The van der Waals surface area contributed by atoms with E-state index in [9.17, 15) is 14.4 Å². The number of hydrogen-bond donors (Lipinski definition) is 2. The first-order valence-corrected chi connectivity index (χ1v) is 10.0. The van der Waals surface area contributed by atoms with E-state index < -0.39 is 29.0 Å². The molecule has 0 heterocycles. The molecule has 0 fully saturated rings. The van der Waals surface area contributed by atoms with Crippen molar-refractivity contribution in [3.63, 3.8) is 0 Å². The fourth-order valence-electron chi connectivity index (χ4n) is 2.46. The van der Waals surface area contributed by atoms with Crippen LogP contribution in [0.25, 0.3) is 0 Å². The summed E-state index contributed by atoms with van der Waals surface area (Å²) in [4.78, 5) is 38.6. The van der Waals surface area contributed by atoms with E-state index in [1.165, 1.54) is 4.90 Å². The fraction of sp³-hybridized carbons (Fsp3) is 0.550. The van der Waals surface area contributed by atoms with Gasteiger partial charge in [0.25, 0.3) is 0 Å². The van der Waals surface area contributed by atoms with Crippen LogP contribution in [0.3, 0.4) is 0 Å². The largest absolute Gasteiger partial charge is 0.444 e. The number of amides is 3. The maximum absolute atomic E-state index is 12.7. The molecule has 0 aliphatic heterocycles. The second kappa shape index (κ2) is 9.91. The Morgan fingerprint density at radius 1 is 1.14 bits per heavy atom. The van der Waals surface area contributed by atoms with Gasteiger partial charge in [-0.15, -0.1) is 0 Å². The average Bonchev–Trinajstić information content (AvgIpc) is 2.57. The highest BCUT2D eigenvalue weighted by molar-refractivity contribution is 9.10. The molecule has 0 aliphatic rings. The summed E-state index contributed by atoms with van der Waals surface area (Å²) in [6.07, 6.45) is 1.02. The van der Waals surface area contributed by atoms with Crippen LogP contribution < -0.4 is 11.1 Å². The molecule has 0 saturated heterocycles. The van der Waals surface area contributed by atoms with Crippen molar-refractivity contribution >= 4 is 33.8 Å². The van der Waals surface area contributed by atoms with E-state index in [0.717, 1.165) is 17.3 Å². The van der Waals surface area contributed by atoms with Crippen LogP contribution in [-0.2, 0) is 19.9 Å². The summed E-state index contributed by atoms with van der Waals surface area (Å²) < 4.78 is 6.22. The fourth-order valence-corrected chi connectivity index (χ4v) is 2.73. The second-order valence-corrected chi connectivity index (χ2v) is 8.72. The maximum Gasteiger partial charge on any atom is 0.410 e. The zero-order valence-corrected chi connectivity index (χ0v) is 18.8. The van der Waals surface area contributed by atoms with Gasteiger partial charge in [-0.1, -0.05) is 41.4 Å². The number of carbonyl (C=O) groups is 3. The predicted molar refractivity (Wildman–Crippen MR) is 112 cm³/mol. The van der Waals surface area contributed by atoms with Crippen LogP contribution in [0, 0.1) is 0 Å². The topological polar surface area (TPSA) is 102 Å². The number of carbonyl (C=O) groups excluding carboxylic acids is 3. The lowest BCUT2D eigenvalue weighted by Gasteiger charge is -2.31. The number of hydrogen-bond acceptors (Lipinski definition) is 4. The highest BCUT2D eigenvalue weighted by atomic mass is 79.9. The third-order valence-electron chi connectivity index (χ3n) is 4.07. The summed E-state index contributed by atoms with van der Waals surface area (Å²) >= 11 is 3.34. The monoisotopic (exact) mass is 455 g/mol. The lowest BCUT2D eigenvalue weighted by atomic mass is 9.91. The summed E-state index contributed by atoms with van der Waals surface area (Å²) in [5.41, 5.74) is 4.05. The molecule has 0 bridgehead atoms. The van der Waals surface area contributed by atoms with Gasteiger partial charge in [-0.05, 0) is 51.8 Å². The van der Waals surface area contributed by atoms with E-state index in [4.69, 9.17) is 10.5 Å². The maximum atomic E-state index is 12.7. The third-order valence-corrected chi connectivity index (χ3v) is 4.60. The van der Waals surface area contributed by atoms with Crippen molar-refractivity contribution in [3.05, 3.63) is 34.3 Å². The first kappa shape index (κ1) is 23.9. The highest BCUT2D eigenvalue weighted by Crippen LogP contribution is 2.23. The Bertz CT molecular complexity index is 700. The molecule has 0 spiro atoms. The van der Waals surface area contributed by atoms with E-state index in [0.29, 0.717) is 12.1 Å². The predicted octanol–water partition coefficient (Wildman–Crippen LogP) is 3.30. The Balaban J connectivity index is 2.97. The van der Waals surface area contributed by atoms with E-state index in [-0.39, 0.29) is 6.54 Å². The Morgan fingerprint density at radius 3 is 2.18 bits per heavy atom. The molecule has 1 rings (SSSR count). The molecule has 1 atom stereocenters. The minimum Gasteiger partial charge on any atom is -0.444 e. The molecule has 3 N–H and O–H groups in total. The molecule has 8 heteroatoms. The molecular formula is C20H30BrN3O4. The molecule has 28 heavy (non-hydrogen) atoms. The summed E-state index contributed by atoms with van der Waals surface area (Å²) in [5, 5.41) is 2.67. The molecule has 1 aromatic carbocycles. The van der Waals surface area contributed by atoms with Gasteiger partial charge in [0, 0.05) is 11.0 Å². The van der Waals surface area contributed by atoms with Gasteiger partial charge in [-0.3, -0.25) is 14.5 Å². The molecular weight excluding hydrogens is 426 g/mol. The van der Waals surface area contributed by atoms with Crippen LogP contribution in [0.4, 0.5) is 4.79 Å².